The minimum atomic E-state index is -0.703. The van der Waals surface area contributed by atoms with Gasteiger partial charge >= 0.3 is 0 Å². The lowest BCUT2D eigenvalue weighted by Crippen LogP contribution is -2.49. The van der Waals surface area contributed by atoms with Crippen molar-refractivity contribution in [1.29, 1.82) is 0 Å². The lowest BCUT2D eigenvalue weighted by Gasteiger charge is -2.18. The SMILES string of the molecule is CC[C@@H](Oc1ccc(C)cc1)C(=O)NNC(=O)COc1ccccc1C(C)C. The molecule has 2 aromatic rings. The number of rotatable bonds is 8. The van der Waals surface area contributed by atoms with Crippen molar-refractivity contribution < 1.29 is 19.1 Å². The van der Waals surface area contributed by atoms with Crippen LogP contribution in [-0.4, -0.2) is 24.5 Å². The highest BCUT2D eigenvalue weighted by molar-refractivity contribution is 5.85. The molecule has 2 N–H and O–H groups in total. The summed E-state index contributed by atoms with van der Waals surface area (Å²) in [6, 6.07) is 15.0. The monoisotopic (exact) mass is 384 g/mol. The number of amides is 2. The van der Waals surface area contributed by atoms with Crippen molar-refractivity contribution in [3.05, 3.63) is 59.7 Å². The molecule has 2 amide bonds. The summed E-state index contributed by atoms with van der Waals surface area (Å²) in [6.07, 6.45) is -0.237. The summed E-state index contributed by atoms with van der Waals surface area (Å²) < 4.78 is 11.3. The van der Waals surface area contributed by atoms with Crippen LogP contribution in [0.25, 0.3) is 0 Å². The number of hydrazine groups is 1. The lowest BCUT2D eigenvalue weighted by atomic mass is 10.0. The largest absolute Gasteiger partial charge is 0.483 e. The fourth-order valence-electron chi connectivity index (χ4n) is 2.58. The van der Waals surface area contributed by atoms with Crippen molar-refractivity contribution in [1.82, 2.24) is 10.9 Å². The molecule has 6 nitrogen and oxygen atoms in total. The quantitative estimate of drug-likeness (QED) is 0.683. The molecule has 0 unspecified atom stereocenters. The molecule has 0 aliphatic rings. The summed E-state index contributed by atoms with van der Waals surface area (Å²) in [5.74, 6) is 0.681. The average Bonchev–Trinajstić information content (AvgIpc) is 2.70. The summed E-state index contributed by atoms with van der Waals surface area (Å²) in [5.41, 5.74) is 6.90. The maximum absolute atomic E-state index is 12.3. The Labute approximate surface area is 166 Å². The third-order valence-electron chi connectivity index (χ3n) is 4.19. The number of carbonyl (C=O) groups excluding carboxylic acids is 2. The molecule has 0 fully saturated rings. The molecule has 0 saturated heterocycles. The summed E-state index contributed by atoms with van der Waals surface area (Å²) in [6.45, 7) is 7.74. The van der Waals surface area contributed by atoms with E-state index in [9.17, 15) is 9.59 Å². The molecular weight excluding hydrogens is 356 g/mol. The zero-order chi connectivity index (χ0) is 20.5. The second-order valence-corrected chi connectivity index (χ2v) is 6.85. The van der Waals surface area contributed by atoms with Crippen molar-refractivity contribution in [2.75, 3.05) is 6.61 Å². The number of hydrogen-bond acceptors (Lipinski definition) is 4. The van der Waals surface area contributed by atoms with E-state index in [4.69, 9.17) is 9.47 Å². The van der Waals surface area contributed by atoms with E-state index in [2.05, 4.69) is 24.7 Å². The number of nitrogens with one attached hydrogen (secondary N) is 2. The molecule has 0 aliphatic heterocycles. The molecule has 150 valence electrons. The highest BCUT2D eigenvalue weighted by Crippen LogP contribution is 2.25. The van der Waals surface area contributed by atoms with E-state index >= 15 is 0 Å². The molecule has 6 heteroatoms. The zero-order valence-electron chi connectivity index (χ0n) is 16.8. The first-order chi connectivity index (χ1) is 13.4. The third kappa shape index (κ3) is 6.30. The summed E-state index contributed by atoms with van der Waals surface area (Å²) in [4.78, 5) is 24.3. The van der Waals surface area contributed by atoms with Crippen LogP contribution in [0.1, 0.15) is 44.2 Å². The van der Waals surface area contributed by atoms with Crippen molar-refractivity contribution >= 4 is 11.8 Å². The van der Waals surface area contributed by atoms with Gasteiger partial charge in [-0.1, -0.05) is 56.7 Å². The van der Waals surface area contributed by atoms with E-state index in [1.807, 2.05) is 62.4 Å². The maximum Gasteiger partial charge on any atom is 0.279 e. The Morgan fingerprint density at radius 3 is 2.32 bits per heavy atom. The van der Waals surface area contributed by atoms with Gasteiger partial charge in [0, 0.05) is 0 Å². The van der Waals surface area contributed by atoms with Crippen LogP contribution in [-0.2, 0) is 9.59 Å². The molecule has 0 aliphatic carbocycles. The molecule has 0 heterocycles. The number of benzene rings is 2. The first kappa shape index (κ1) is 21.3. The van der Waals surface area contributed by atoms with E-state index in [-0.39, 0.29) is 12.5 Å². The highest BCUT2D eigenvalue weighted by Gasteiger charge is 2.19. The van der Waals surface area contributed by atoms with Crippen LogP contribution in [0.4, 0.5) is 0 Å². The number of aryl methyl sites for hydroxylation is 1. The molecule has 2 rings (SSSR count). The van der Waals surface area contributed by atoms with Crippen molar-refractivity contribution in [2.45, 2.75) is 46.1 Å². The van der Waals surface area contributed by atoms with Crippen molar-refractivity contribution in [3.63, 3.8) is 0 Å². The molecule has 1 atom stereocenters. The van der Waals surface area contributed by atoms with E-state index < -0.39 is 17.9 Å². The Kier molecular flexibility index (Phi) is 7.87. The van der Waals surface area contributed by atoms with Crippen molar-refractivity contribution in [3.8, 4) is 11.5 Å². The zero-order valence-corrected chi connectivity index (χ0v) is 16.8. The molecule has 0 radical (unpaired) electrons. The number of carbonyl (C=O) groups is 2. The third-order valence-corrected chi connectivity index (χ3v) is 4.19. The van der Waals surface area contributed by atoms with Crippen LogP contribution in [0.2, 0.25) is 0 Å². The fourth-order valence-corrected chi connectivity index (χ4v) is 2.58. The molecular formula is C22H28N2O4. The molecule has 0 aromatic heterocycles. The van der Waals surface area contributed by atoms with E-state index in [1.165, 1.54) is 0 Å². The van der Waals surface area contributed by atoms with Crippen LogP contribution >= 0.6 is 0 Å². The van der Waals surface area contributed by atoms with Gasteiger partial charge < -0.3 is 9.47 Å². The van der Waals surface area contributed by atoms with E-state index in [0.717, 1.165) is 11.1 Å². The summed E-state index contributed by atoms with van der Waals surface area (Å²) in [5, 5.41) is 0. The Bertz CT molecular complexity index is 787. The standard InChI is InChI=1S/C22H28N2O4/c1-5-19(28-17-12-10-16(4)11-13-17)22(26)24-23-21(25)14-27-20-9-7-6-8-18(20)15(2)3/h6-13,15,19H,5,14H2,1-4H3,(H,23,25)(H,24,26)/t19-/m1/s1. The topological polar surface area (TPSA) is 76.7 Å². The second-order valence-electron chi connectivity index (χ2n) is 6.85. The van der Waals surface area contributed by atoms with Gasteiger partial charge in [-0.15, -0.1) is 0 Å². The van der Waals surface area contributed by atoms with Gasteiger partial charge in [0.1, 0.15) is 11.5 Å². The summed E-state index contributed by atoms with van der Waals surface area (Å²) in [7, 11) is 0. The smallest absolute Gasteiger partial charge is 0.279 e. The number of para-hydroxylation sites is 1. The minimum absolute atomic E-state index is 0.195. The predicted octanol–water partition coefficient (Wildman–Crippen LogP) is 3.50. The van der Waals surface area contributed by atoms with Gasteiger partial charge in [-0.2, -0.15) is 0 Å². The first-order valence-corrected chi connectivity index (χ1v) is 9.44. The average molecular weight is 384 g/mol. The Morgan fingerprint density at radius 1 is 1.00 bits per heavy atom. The van der Waals surface area contributed by atoms with Gasteiger partial charge in [-0.25, -0.2) is 0 Å². The van der Waals surface area contributed by atoms with Crippen LogP contribution in [0.3, 0.4) is 0 Å². The van der Waals surface area contributed by atoms with Gasteiger partial charge in [-0.3, -0.25) is 20.4 Å². The van der Waals surface area contributed by atoms with Gasteiger partial charge in [0.05, 0.1) is 0 Å². The predicted molar refractivity (Wildman–Crippen MR) is 108 cm³/mol. The normalized spacial score (nSPS) is 11.6. The van der Waals surface area contributed by atoms with Gasteiger partial charge in [0.15, 0.2) is 12.7 Å². The Morgan fingerprint density at radius 2 is 1.68 bits per heavy atom. The molecule has 28 heavy (non-hydrogen) atoms. The lowest BCUT2D eigenvalue weighted by molar-refractivity contribution is -0.134. The minimum Gasteiger partial charge on any atom is -0.483 e. The first-order valence-electron chi connectivity index (χ1n) is 9.44. The maximum atomic E-state index is 12.3. The Hall–Kier alpha value is -3.02. The van der Waals surface area contributed by atoms with E-state index in [1.54, 1.807) is 0 Å². The highest BCUT2D eigenvalue weighted by atomic mass is 16.5. The van der Waals surface area contributed by atoms with Gasteiger partial charge in [0.2, 0.25) is 0 Å². The number of ether oxygens (including phenoxy) is 2. The van der Waals surface area contributed by atoms with Crippen LogP contribution in [0.15, 0.2) is 48.5 Å². The fraction of sp³-hybridized carbons (Fsp3) is 0.364. The second kappa shape index (κ2) is 10.3. The van der Waals surface area contributed by atoms with Crippen molar-refractivity contribution in [2.24, 2.45) is 0 Å². The summed E-state index contributed by atoms with van der Waals surface area (Å²) >= 11 is 0. The number of hydrogen-bond donors (Lipinski definition) is 2. The van der Waals surface area contributed by atoms with E-state index in [0.29, 0.717) is 17.9 Å². The van der Waals surface area contributed by atoms with Gasteiger partial charge in [-0.05, 0) is 43.0 Å². The van der Waals surface area contributed by atoms with Crippen LogP contribution in [0.5, 0.6) is 11.5 Å². The molecule has 2 aromatic carbocycles. The molecule has 0 saturated carbocycles. The van der Waals surface area contributed by atoms with Crippen LogP contribution in [0, 0.1) is 6.92 Å². The van der Waals surface area contributed by atoms with Gasteiger partial charge in [0.25, 0.3) is 11.8 Å². The Balaban J connectivity index is 1.82. The molecule has 0 bridgehead atoms. The molecule has 0 spiro atoms. The van der Waals surface area contributed by atoms with Crippen LogP contribution < -0.4 is 20.3 Å².